The summed E-state index contributed by atoms with van der Waals surface area (Å²) in [5.74, 6) is 0.922. The molecule has 0 aliphatic heterocycles. The van der Waals surface area contributed by atoms with Gasteiger partial charge in [-0.3, -0.25) is 0 Å². The average Bonchev–Trinajstić information content (AvgIpc) is 2.26. The number of para-hydroxylation sites is 1. The maximum atomic E-state index is 5.44. The van der Waals surface area contributed by atoms with Crippen molar-refractivity contribution in [3.8, 4) is 0 Å². The Morgan fingerprint density at radius 3 is 2.56 bits per heavy atom. The van der Waals surface area contributed by atoms with E-state index in [1.807, 2.05) is 24.3 Å². The smallest absolute Gasteiger partial charge is 0.0968 e. The van der Waals surface area contributed by atoms with Gasteiger partial charge in [0, 0.05) is 17.7 Å². The number of nitrogens with zero attached hydrogens (tertiary/aromatic N) is 1. The van der Waals surface area contributed by atoms with Gasteiger partial charge in [0.05, 0.1) is 10.5 Å². The monoisotopic (exact) mass is 364 g/mol. The summed E-state index contributed by atoms with van der Waals surface area (Å²) >= 11 is 1.70. The highest BCUT2D eigenvalue weighted by Crippen LogP contribution is 2.18. The third kappa shape index (κ3) is 4.05. The van der Waals surface area contributed by atoms with Crippen LogP contribution in [0.25, 0.3) is 10.9 Å². The molecule has 0 atom stereocenters. The molecule has 0 bridgehead atoms. The number of pyridine rings is 1. The number of benzene rings is 1. The van der Waals surface area contributed by atoms with E-state index in [9.17, 15) is 0 Å². The summed E-state index contributed by atoms with van der Waals surface area (Å²) < 4.78 is 0. The predicted octanol–water partition coefficient (Wildman–Crippen LogP) is 3.44. The molecular weight excluding hydrogens is 352 g/mol. The molecule has 0 radical (unpaired) electrons. The lowest BCUT2D eigenvalue weighted by atomic mass is 10.2. The van der Waals surface area contributed by atoms with E-state index in [0.29, 0.717) is 6.54 Å². The van der Waals surface area contributed by atoms with Gasteiger partial charge in [-0.05, 0) is 12.1 Å². The number of rotatable bonds is 3. The lowest BCUT2D eigenvalue weighted by Gasteiger charge is -2.00. The van der Waals surface area contributed by atoms with Crippen LogP contribution in [-0.4, -0.2) is 17.3 Å². The molecule has 0 fully saturated rings. The minimum absolute atomic E-state index is 0. The largest absolute Gasteiger partial charge is 0.330 e. The van der Waals surface area contributed by atoms with Crippen LogP contribution in [0.15, 0.2) is 41.4 Å². The van der Waals surface area contributed by atoms with Gasteiger partial charge in [-0.25, -0.2) is 4.98 Å². The lowest BCUT2D eigenvalue weighted by molar-refractivity contribution is 1.13. The van der Waals surface area contributed by atoms with Crippen LogP contribution in [0, 0.1) is 0 Å². The Morgan fingerprint density at radius 1 is 1.06 bits per heavy atom. The minimum Gasteiger partial charge on any atom is -0.330 e. The highest BCUT2D eigenvalue weighted by atomic mass is 79.9. The quantitative estimate of drug-likeness (QED) is 0.846. The SMILES string of the molecule is Br.Br.NCCSc1ccc2ccccc2n1. The standard InChI is InChI=1S/C11H12N2S.2BrH/c12-7-8-14-11-6-5-9-3-1-2-4-10(9)13-11;;/h1-6H,7-8,12H2;2*1H. The molecule has 0 spiro atoms. The Bertz CT molecular complexity index is 437. The van der Waals surface area contributed by atoms with E-state index < -0.39 is 0 Å². The highest BCUT2D eigenvalue weighted by Gasteiger charge is 1.97. The fraction of sp³-hybridized carbons (Fsp3) is 0.182. The molecule has 88 valence electrons. The summed E-state index contributed by atoms with van der Waals surface area (Å²) in [5, 5.41) is 2.23. The van der Waals surface area contributed by atoms with Crippen molar-refractivity contribution in [3.63, 3.8) is 0 Å². The van der Waals surface area contributed by atoms with Crippen molar-refractivity contribution >= 4 is 56.6 Å². The normalized spacial score (nSPS) is 9.31. The van der Waals surface area contributed by atoms with E-state index in [0.717, 1.165) is 16.3 Å². The Morgan fingerprint density at radius 2 is 1.81 bits per heavy atom. The summed E-state index contributed by atoms with van der Waals surface area (Å²) in [6.07, 6.45) is 0. The zero-order chi connectivity index (χ0) is 9.80. The number of thioether (sulfide) groups is 1. The molecule has 2 N–H and O–H groups in total. The van der Waals surface area contributed by atoms with E-state index in [2.05, 4.69) is 17.1 Å². The number of hydrogen-bond acceptors (Lipinski definition) is 3. The van der Waals surface area contributed by atoms with E-state index in [1.54, 1.807) is 11.8 Å². The maximum Gasteiger partial charge on any atom is 0.0968 e. The van der Waals surface area contributed by atoms with Crippen LogP contribution >= 0.6 is 45.7 Å². The number of hydrogen-bond donors (Lipinski definition) is 1. The highest BCUT2D eigenvalue weighted by molar-refractivity contribution is 8.93. The van der Waals surface area contributed by atoms with E-state index in [1.165, 1.54) is 5.39 Å². The van der Waals surface area contributed by atoms with Crippen molar-refractivity contribution in [2.24, 2.45) is 5.73 Å². The van der Waals surface area contributed by atoms with Crippen molar-refractivity contribution in [1.29, 1.82) is 0 Å². The first-order valence-corrected chi connectivity index (χ1v) is 5.57. The average molecular weight is 366 g/mol. The molecular formula is C11H14Br2N2S. The number of aromatic nitrogens is 1. The molecule has 1 aromatic heterocycles. The van der Waals surface area contributed by atoms with Crippen LogP contribution in [0.3, 0.4) is 0 Å². The van der Waals surface area contributed by atoms with Gasteiger partial charge >= 0.3 is 0 Å². The fourth-order valence-corrected chi connectivity index (χ4v) is 1.95. The Hall–Kier alpha value is -0.1000. The number of nitrogens with two attached hydrogens (primary N) is 1. The maximum absolute atomic E-state index is 5.44. The molecule has 2 nitrogen and oxygen atoms in total. The Kier molecular flexibility index (Phi) is 8.01. The summed E-state index contributed by atoms with van der Waals surface area (Å²) in [6.45, 7) is 0.694. The molecule has 2 rings (SSSR count). The van der Waals surface area contributed by atoms with Crippen LogP contribution in [0.2, 0.25) is 0 Å². The number of fused-ring (bicyclic) bond motifs is 1. The van der Waals surface area contributed by atoms with Gasteiger partial charge in [-0.15, -0.1) is 45.7 Å². The molecule has 0 unspecified atom stereocenters. The number of halogens is 2. The molecule has 16 heavy (non-hydrogen) atoms. The van der Waals surface area contributed by atoms with E-state index in [-0.39, 0.29) is 34.0 Å². The first-order chi connectivity index (χ1) is 6.90. The van der Waals surface area contributed by atoms with Crippen LogP contribution in [0.4, 0.5) is 0 Å². The van der Waals surface area contributed by atoms with Gasteiger partial charge in [-0.1, -0.05) is 24.3 Å². The molecule has 0 aliphatic rings. The summed E-state index contributed by atoms with van der Waals surface area (Å²) in [5.41, 5.74) is 6.49. The third-order valence-corrected chi connectivity index (χ3v) is 2.90. The van der Waals surface area contributed by atoms with Crippen LogP contribution in [0.1, 0.15) is 0 Å². The Balaban J connectivity index is 0.00000112. The van der Waals surface area contributed by atoms with Gasteiger partial charge in [0.15, 0.2) is 0 Å². The first-order valence-electron chi connectivity index (χ1n) is 4.59. The summed E-state index contributed by atoms with van der Waals surface area (Å²) in [6, 6.07) is 12.3. The second kappa shape index (κ2) is 8.06. The fourth-order valence-electron chi connectivity index (χ4n) is 1.29. The van der Waals surface area contributed by atoms with Crippen molar-refractivity contribution in [2.75, 3.05) is 12.3 Å². The van der Waals surface area contributed by atoms with Crippen molar-refractivity contribution in [2.45, 2.75) is 5.03 Å². The second-order valence-electron chi connectivity index (χ2n) is 2.98. The van der Waals surface area contributed by atoms with Gasteiger partial charge in [-0.2, -0.15) is 0 Å². The van der Waals surface area contributed by atoms with E-state index >= 15 is 0 Å². The van der Waals surface area contributed by atoms with Crippen LogP contribution in [0.5, 0.6) is 0 Å². The molecule has 0 aliphatic carbocycles. The zero-order valence-electron chi connectivity index (χ0n) is 8.63. The van der Waals surface area contributed by atoms with Gasteiger partial charge in [0.1, 0.15) is 0 Å². The van der Waals surface area contributed by atoms with Crippen LogP contribution in [-0.2, 0) is 0 Å². The summed E-state index contributed by atoms with van der Waals surface area (Å²) in [7, 11) is 0. The first kappa shape index (κ1) is 15.9. The second-order valence-corrected chi connectivity index (χ2v) is 4.09. The van der Waals surface area contributed by atoms with E-state index in [4.69, 9.17) is 5.73 Å². The summed E-state index contributed by atoms with van der Waals surface area (Å²) in [4.78, 5) is 4.52. The topological polar surface area (TPSA) is 38.9 Å². The molecule has 0 amide bonds. The third-order valence-electron chi connectivity index (χ3n) is 1.94. The van der Waals surface area contributed by atoms with Crippen molar-refractivity contribution in [3.05, 3.63) is 36.4 Å². The molecule has 2 aromatic rings. The van der Waals surface area contributed by atoms with Crippen LogP contribution < -0.4 is 5.73 Å². The Labute approximate surface area is 121 Å². The van der Waals surface area contributed by atoms with Crippen molar-refractivity contribution < 1.29 is 0 Å². The zero-order valence-corrected chi connectivity index (χ0v) is 12.9. The molecule has 1 heterocycles. The molecule has 0 saturated heterocycles. The predicted molar refractivity (Wildman–Crippen MR) is 82.2 cm³/mol. The molecule has 0 saturated carbocycles. The van der Waals surface area contributed by atoms with Crippen molar-refractivity contribution in [1.82, 2.24) is 4.98 Å². The minimum atomic E-state index is 0. The molecule has 5 heteroatoms. The lowest BCUT2D eigenvalue weighted by Crippen LogP contribution is -2.01. The van der Waals surface area contributed by atoms with Gasteiger partial charge in [0.2, 0.25) is 0 Å². The van der Waals surface area contributed by atoms with Gasteiger partial charge in [0.25, 0.3) is 0 Å². The molecule has 1 aromatic carbocycles. The van der Waals surface area contributed by atoms with Gasteiger partial charge < -0.3 is 5.73 Å².